The fraction of sp³-hybridized carbons (Fsp3) is 0.500. The van der Waals surface area contributed by atoms with Crippen LogP contribution in [0, 0.1) is 0 Å². The average molecular weight is 298 g/mol. The topological polar surface area (TPSA) is 60.0 Å². The molecular weight excluding hydrogens is 286 g/mol. The molecule has 0 amide bonds. The molecule has 1 saturated heterocycles. The van der Waals surface area contributed by atoms with Crippen molar-refractivity contribution in [3.63, 3.8) is 0 Å². The Morgan fingerprint density at radius 1 is 1.53 bits per heavy atom. The van der Waals surface area contributed by atoms with E-state index in [1.54, 1.807) is 0 Å². The number of nitrogens with zero attached hydrogens (tertiary/aromatic N) is 5. The van der Waals surface area contributed by atoms with E-state index in [0.717, 1.165) is 30.5 Å². The standard InChI is InChI=1S/C10H12BrN5O/c11-8-3-13-16(4-8)9-1-2-15(5-9)6-10-14-12-7-17-10/h3-4,7,9H,1-2,5-6H2. The maximum Gasteiger partial charge on any atom is 0.230 e. The number of aromatic nitrogens is 4. The van der Waals surface area contributed by atoms with Crippen LogP contribution >= 0.6 is 15.9 Å². The van der Waals surface area contributed by atoms with Gasteiger partial charge in [-0.3, -0.25) is 9.58 Å². The normalized spacial score (nSPS) is 21.1. The third-order valence-electron chi connectivity index (χ3n) is 2.96. The van der Waals surface area contributed by atoms with Crippen molar-refractivity contribution in [1.29, 1.82) is 0 Å². The van der Waals surface area contributed by atoms with Crippen molar-refractivity contribution in [3.8, 4) is 0 Å². The molecule has 1 aliphatic rings. The van der Waals surface area contributed by atoms with Gasteiger partial charge in [-0.15, -0.1) is 10.2 Å². The molecule has 0 spiro atoms. The lowest BCUT2D eigenvalue weighted by Gasteiger charge is -2.13. The molecule has 0 radical (unpaired) electrons. The van der Waals surface area contributed by atoms with Crippen molar-refractivity contribution in [1.82, 2.24) is 24.9 Å². The van der Waals surface area contributed by atoms with E-state index in [4.69, 9.17) is 4.42 Å². The third kappa shape index (κ3) is 2.39. The van der Waals surface area contributed by atoms with Crippen LogP contribution in [0.2, 0.25) is 0 Å². The third-order valence-corrected chi connectivity index (χ3v) is 3.37. The molecule has 3 heterocycles. The van der Waals surface area contributed by atoms with Crippen molar-refractivity contribution in [2.45, 2.75) is 19.0 Å². The monoisotopic (exact) mass is 297 g/mol. The Labute approximate surface area is 107 Å². The minimum atomic E-state index is 0.434. The molecule has 1 aliphatic heterocycles. The Morgan fingerprint density at radius 3 is 3.18 bits per heavy atom. The number of hydrogen-bond acceptors (Lipinski definition) is 5. The van der Waals surface area contributed by atoms with E-state index >= 15 is 0 Å². The second kappa shape index (κ2) is 4.58. The Morgan fingerprint density at radius 2 is 2.47 bits per heavy atom. The fourth-order valence-corrected chi connectivity index (χ4v) is 2.44. The van der Waals surface area contributed by atoms with Crippen LogP contribution < -0.4 is 0 Å². The lowest BCUT2D eigenvalue weighted by molar-refractivity contribution is 0.277. The van der Waals surface area contributed by atoms with Gasteiger partial charge in [0.2, 0.25) is 12.3 Å². The van der Waals surface area contributed by atoms with Crippen LogP contribution in [0.3, 0.4) is 0 Å². The van der Waals surface area contributed by atoms with E-state index in [0.29, 0.717) is 11.9 Å². The maximum absolute atomic E-state index is 5.15. The highest BCUT2D eigenvalue weighted by molar-refractivity contribution is 9.10. The Bertz CT molecular complexity index is 483. The van der Waals surface area contributed by atoms with Gasteiger partial charge in [-0.05, 0) is 22.4 Å². The number of hydrogen-bond donors (Lipinski definition) is 0. The molecule has 0 saturated carbocycles. The molecule has 2 aromatic heterocycles. The quantitative estimate of drug-likeness (QED) is 0.859. The zero-order valence-electron chi connectivity index (χ0n) is 9.16. The minimum Gasteiger partial charge on any atom is -0.427 e. The van der Waals surface area contributed by atoms with Crippen molar-refractivity contribution in [2.24, 2.45) is 0 Å². The van der Waals surface area contributed by atoms with Crippen LogP contribution in [-0.2, 0) is 6.54 Å². The molecule has 0 N–H and O–H groups in total. The summed E-state index contributed by atoms with van der Waals surface area (Å²) in [5.41, 5.74) is 0. The van der Waals surface area contributed by atoms with E-state index < -0.39 is 0 Å². The zero-order valence-corrected chi connectivity index (χ0v) is 10.7. The molecule has 90 valence electrons. The lowest BCUT2D eigenvalue weighted by Crippen LogP contribution is -2.21. The summed E-state index contributed by atoms with van der Waals surface area (Å²) in [6.07, 6.45) is 6.30. The SMILES string of the molecule is Brc1cnn(C2CCN(Cc3nnco3)C2)c1. The van der Waals surface area contributed by atoms with Gasteiger partial charge in [-0.2, -0.15) is 5.10 Å². The first kappa shape index (κ1) is 10.9. The number of rotatable bonds is 3. The first-order chi connectivity index (χ1) is 8.31. The van der Waals surface area contributed by atoms with Gasteiger partial charge in [-0.1, -0.05) is 0 Å². The summed E-state index contributed by atoms with van der Waals surface area (Å²) in [6.45, 7) is 2.72. The smallest absolute Gasteiger partial charge is 0.230 e. The first-order valence-electron chi connectivity index (χ1n) is 5.48. The molecule has 1 fully saturated rings. The van der Waals surface area contributed by atoms with Gasteiger partial charge in [0, 0.05) is 19.3 Å². The highest BCUT2D eigenvalue weighted by Gasteiger charge is 2.25. The van der Waals surface area contributed by atoms with Crippen LogP contribution in [0.1, 0.15) is 18.4 Å². The van der Waals surface area contributed by atoms with Crippen molar-refractivity contribution < 1.29 is 4.42 Å². The predicted molar refractivity (Wildman–Crippen MR) is 63.2 cm³/mol. The van der Waals surface area contributed by atoms with Gasteiger partial charge in [0.25, 0.3) is 0 Å². The van der Waals surface area contributed by atoms with Crippen LogP contribution in [0.5, 0.6) is 0 Å². The molecule has 1 atom stereocenters. The summed E-state index contributed by atoms with van der Waals surface area (Å²) >= 11 is 3.41. The summed E-state index contributed by atoms with van der Waals surface area (Å²) in [6, 6.07) is 0.434. The highest BCUT2D eigenvalue weighted by atomic mass is 79.9. The fourth-order valence-electron chi connectivity index (χ4n) is 2.14. The Balaban J connectivity index is 1.62. The van der Waals surface area contributed by atoms with E-state index in [9.17, 15) is 0 Å². The zero-order chi connectivity index (χ0) is 11.7. The summed E-state index contributed by atoms with van der Waals surface area (Å²) in [7, 11) is 0. The van der Waals surface area contributed by atoms with E-state index in [-0.39, 0.29) is 0 Å². The van der Waals surface area contributed by atoms with E-state index in [1.165, 1.54) is 6.39 Å². The molecule has 7 heteroatoms. The second-order valence-corrected chi connectivity index (χ2v) is 5.06. The summed E-state index contributed by atoms with van der Waals surface area (Å²) in [5, 5.41) is 11.9. The summed E-state index contributed by atoms with van der Waals surface area (Å²) < 4.78 is 8.18. The summed E-state index contributed by atoms with van der Waals surface area (Å²) in [5.74, 6) is 0.673. The van der Waals surface area contributed by atoms with Gasteiger partial charge < -0.3 is 4.42 Å². The lowest BCUT2D eigenvalue weighted by atomic mass is 10.3. The Hall–Kier alpha value is -1.21. The van der Waals surface area contributed by atoms with Gasteiger partial charge in [0.05, 0.1) is 23.3 Å². The minimum absolute atomic E-state index is 0.434. The molecule has 17 heavy (non-hydrogen) atoms. The van der Waals surface area contributed by atoms with Crippen molar-refractivity contribution >= 4 is 15.9 Å². The Kier molecular flexibility index (Phi) is 2.94. The van der Waals surface area contributed by atoms with Crippen molar-refractivity contribution in [3.05, 3.63) is 29.2 Å². The number of likely N-dealkylation sites (tertiary alicyclic amines) is 1. The van der Waals surface area contributed by atoms with Crippen molar-refractivity contribution in [2.75, 3.05) is 13.1 Å². The van der Waals surface area contributed by atoms with Crippen LogP contribution in [0.15, 0.2) is 27.7 Å². The number of halogens is 1. The van der Waals surface area contributed by atoms with Crippen LogP contribution in [0.4, 0.5) is 0 Å². The van der Waals surface area contributed by atoms with E-state index in [1.807, 2.05) is 17.1 Å². The van der Waals surface area contributed by atoms with Gasteiger partial charge in [-0.25, -0.2) is 0 Å². The highest BCUT2D eigenvalue weighted by Crippen LogP contribution is 2.23. The van der Waals surface area contributed by atoms with Crippen LogP contribution in [0.25, 0.3) is 0 Å². The largest absolute Gasteiger partial charge is 0.427 e. The van der Waals surface area contributed by atoms with Gasteiger partial charge in [0.15, 0.2) is 0 Å². The molecule has 1 unspecified atom stereocenters. The van der Waals surface area contributed by atoms with Gasteiger partial charge in [0.1, 0.15) is 0 Å². The maximum atomic E-state index is 5.15. The van der Waals surface area contributed by atoms with Gasteiger partial charge >= 0.3 is 0 Å². The molecule has 6 nitrogen and oxygen atoms in total. The van der Waals surface area contributed by atoms with E-state index in [2.05, 4.69) is 36.1 Å². The average Bonchev–Trinajstić information content (AvgIpc) is 2.99. The first-order valence-corrected chi connectivity index (χ1v) is 6.27. The molecule has 0 bridgehead atoms. The molecule has 3 rings (SSSR count). The molecule has 2 aromatic rings. The molecule has 0 aliphatic carbocycles. The predicted octanol–water partition coefficient (Wildman–Crippen LogP) is 1.48. The van der Waals surface area contributed by atoms with Crippen LogP contribution in [-0.4, -0.2) is 38.0 Å². The summed E-state index contributed by atoms with van der Waals surface area (Å²) in [4.78, 5) is 2.30. The second-order valence-electron chi connectivity index (χ2n) is 4.15. The molecule has 0 aromatic carbocycles. The molecular formula is C10H12BrN5O.